The molecule has 0 unspecified atom stereocenters. The molecule has 0 aliphatic rings. The zero-order valence-corrected chi connectivity index (χ0v) is 14.6. The second kappa shape index (κ2) is 7.97. The van der Waals surface area contributed by atoms with Crippen molar-refractivity contribution in [1.82, 2.24) is 9.47 Å². The van der Waals surface area contributed by atoms with E-state index in [1.165, 1.54) is 11.3 Å². The van der Waals surface area contributed by atoms with E-state index in [1.54, 1.807) is 16.6 Å². The molecule has 0 aliphatic carbocycles. The number of hydrogen-bond donors (Lipinski definition) is 0. The first-order valence-electron chi connectivity index (χ1n) is 7.60. The van der Waals surface area contributed by atoms with E-state index in [4.69, 9.17) is 4.74 Å². The van der Waals surface area contributed by atoms with Crippen LogP contribution in [0.3, 0.4) is 0 Å². The van der Waals surface area contributed by atoms with Gasteiger partial charge in [0.2, 0.25) is 5.91 Å². The van der Waals surface area contributed by atoms with Crippen molar-refractivity contribution in [2.75, 3.05) is 13.7 Å². The van der Waals surface area contributed by atoms with E-state index in [2.05, 4.69) is 0 Å². The average Bonchev–Trinajstić information content (AvgIpc) is 2.89. The van der Waals surface area contributed by atoms with Gasteiger partial charge in [-0.05, 0) is 31.5 Å². The number of methoxy groups -OCH3 is 1. The molecule has 124 valence electrons. The Morgan fingerprint density at radius 3 is 2.52 bits per heavy atom. The van der Waals surface area contributed by atoms with Crippen LogP contribution in [0.25, 0.3) is 0 Å². The van der Waals surface area contributed by atoms with Crippen LogP contribution in [0.4, 0.5) is 0 Å². The number of hydrogen-bond acceptors (Lipinski definition) is 4. The minimum Gasteiger partial charge on any atom is -0.497 e. The van der Waals surface area contributed by atoms with Crippen LogP contribution in [-0.2, 0) is 17.9 Å². The Bertz CT molecular complexity index is 703. The summed E-state index contributed by atoms with van der Waals surface area (Å²) in [5.74, 6) is 0.858. The lowest BCUT2D eigenvalue weighted by molar-refractivity contribution is -0.131. The highest BCUT2D eigenvalue weighted by Crippen LogP contribution is 2.13. The fourth-order valence-corrected chi connectivity index (χ4v) is 3.13. The van der Waals surface area contributed by atoms with Crippen LogP contribution in [-0.4, -0.2) is 29.0 Å². The van der Waals surface area contributed by atoms with Crippen LogP contribution in [0, 0.1) is 6.92 Å². The topological polar surface area (TPSA) is 51.5 Å². The van der Waals surface area contributed by atoms with E-state index >= 15 is 0 Å². The van der Waals surface area contributed by atoms with E-state index in [1.807, 2.05) is 43.5 Å². The maximum atomic E-state index is 12.4. The minimum atomic E-state index is -0.00602. The third kappa shape index (κ3) is 4.45. The Hall–Kier alpha value is -2.08. The standard InChI is InChI=1S/C17H22N2O3S/c1-4-18(11-14-5-7-15(22-3)8-6-14)16(20)9-10-19-13(2)12-23-17(19)21/h5-8,12H,4,9-11H2,1-3H3. The summed E-state index contributed by atoms with van der Waals surface area (Å²) in [5.41, 5.74) is 1.97. The van der Waals surface area contributed by atoms with Gasteiger partial charge in [-0.3, -0.25) is 9.59 Å². The first kappa shape index (κ1) is 17.3. The van der Waals surface area contributed by atoms with E-state index in [0.717, 1.165) is 17.0 Å². The summed E-state index contributed by atoms with van der Waals surface area (Å²) in [6.45, 7) is 5.49. The second-order valence-electron chi connectivity index (χ2n) is 5.30. The number of rotatable bonds is 7. The molecule has 0 aliphatic heterocycles. The molecule has 5 nitrogen and oxygen atoms in total. The molecule has 2 aromatic rings. The molecular formula is C17H22N2O3S. The number of thiazole rings is 1. The van der Waals surface area contributed by atoms with E-state index in [-0.39, 0.29) is 10.8 Å². The summed E-state index contributed by atoms with van der Waals surface area (Å²) in [4.78, 5) is 25.9. The van der Waals surface area contributed by atoms with Crippen molar-refractivity contribution in [2.24, 2.45) is 0 Å². The number of nitrogens with zero attached hydrogens (tertiary/aromatic N) is 2. The van der Waals surface area contributed by atoms with Crippen molar-refractivity contribution in [3.8, 4) is 5.75 Å². The average molecular weight is 334 g/mol. The molecule has 0 radical (unpaired) electrons. The zero-order valence-electron chi connectivity index (χ0n) is 13.7. The van der Waals surface area contributed by atoms with Gasteiger partial charge in [-0.15, -0.1) is 0 Å². The Kier molecular flexibility index (Phi) is 5.98. The van der Waals surface area contributed by atoms with Gasteiger partial charge in [-0.2, -0.15) is 0 Å². The van der Waals surface area contributed by atoms with Gasteiger partial charge in [0.25, 0.3) is 0 Å². The predicted molar refractivity (Wildman–Crippen MR) is 92.0 cm³/mol. The molecule has 0 atom stereocenters. The van der Waals surface area contributed by atoms with Crippen molar-refractivity contribution < 1.29 is 9.53 Å². The summed E-state index contributed by atoms with van der Waals surface area (Å²) in [7, 11) is 1.63. The quantitative estimate of drug-likeness (QED) is 0.782. The summed E-state index contributed by atoms with van der Waals surface area (Å²) < 4.78 is 6.79. The number of carbonyl (C=O) groups is 1. The Morgan fingerprint density at radius 2 is 2.00 bits per heavy atom. The van der Waals surface area contributed by atoms with E-state index in [9.17, 15) is 9.59 Å². The third-order valence-electron chi connectivity index (χ3n) is 3.79. The number of ether oxygens (including phenoxy) is 1. The molecule has 23 heavy (non-hydrogen) atoms. The molecule has 0 spiro atoms. The molecule has 1 aromatic carbocycles. The maximum Gasteiger partial charge on any atom is 0.307 e. The summed E-state index contributed by atoms with van der Waals surface area (Å²) in [6.07, 6.45) is 0.335. The van der Waals surface area contributed by atoms with Gasteiger partial charge in [0.1, 0.15) is 5.75 Å². The van der Waals surface area contributed by atoms with Gasteiger partial charge in [0, 0.05) is 37.1 Å². The van der Waals surface area contributed by atoms with Crippen LogP contribution in [0.5, 0.6) is 5.75 Å². The molecule has 1 aromatic heterocycles. The van der Waals surface area contributed by atoms with Crippen molar-refractivity contribution >= 4 is 17.2 Å². The molecule has 0 fully saturated rings. The summed E-state index contributed by atoms with van der Waals surface area (Å²) in [5, 5.41) is 1.82. The van der Waals surface area contributed by atoms with Crippen molar-refractivity contribution in [3.05, 3.63) is 50.6 Å². The highest BCUT2D eigenvalue weighted by Gasteiger charge is 2.13. The van der Waals surface area contributed by atoms with Gasteiger partial charge in [0.05, 0.1) is 7.11 Å². The normalized spacial score (nSPS) is 10.6. The second-order valence-corrected chi connectivity index (χ2v) is 6.12. The van der Waals surface area contributed by atoms with Crippen molar-refractivity contribution in [2.45, 2.75) is 33.4 Å². The number of aromatic nitrogens is 1. The molecule has 1 amide bonds. The zero-order chi connectivity index (χ0) is 16.8. The summed E-state index contributed by atoms with van der Waals surface area (Å²) in [6, 6.07) is 7.70. The number of amides is 1. The van der Waals surface area contributed by atoms with Crippen LogP contribution in [0.1, 0.15) is 24.6 Å². The van der Waals surface area contributed by atoms with Crippen LogP contribution >= 0.6 is 11.3 Å². The highest BCUT2D eigenvalue weighted by atomic mass is 32.1. The van der Waals surface area contributed by atoms with Gasteiger partial charge >= 0.3 is 4.87 Å². The smallest absolute Gasteiger partial charge is 0.307 e. The molecule has 0 bridgehead atoms. The SMILES string of the molecule is CCN(Cc1ccc(OC)cc1)C(=O)CCn1c(C)csc1=O. The van der Waals surface area contributed by atoms with Gasteiger partial charge in [-0.25, -0.2) is 0 Å². The highest BCUT2D eigenvalue weighted by molar-refractivity contribution is 7.07. The molecule has 2 rings (SSSR count). The third-order valence-corrected chi connectivity index (χ3v) is 4.67. The van der Waals surface area contributed by atoms with Crippen molar-refractivity contribution in [3.63, 3.8) is 0 Å². The monoisotopic (exact) mass is 334 g/mol. The van der Waals surface area contributed by atoms with E-state index in [0.29, 0.717) is 26.1 Å². The lowest BCUT2D eigenvalue weighted by Gasteiger charge is -2.21. The lowest BCUT2D eigenvalue weighted by atomic mass is 10.2. The van der Waals surface area contributed by atoms with Gasteiger partial charge < -0.3 is 14.2 Å². The molecular weight excluding hydrogens is 312 g/mol. The predicted octanol–water partition coefficient (Wildman–Crippen LogP) is 2.67. The molecule has 1 heterocycles. The van der Waals surface area contributed by atoms with Crippen LogP contribution in [0.15, 0.2) is 34.4 Å². The van der Waals surface area contributed by atoms with Crippen molar-refractivity contribution in [1.29, 1.82) is 0 Å². The Balaban J connectivity index is 1.96. The molecule has 0 saturated heterocycles. The number of benzene rings is 1. The minimum absolute atomic E-state index is 0.00602. The first-order chi connectivity index (χ1) is 11.0. The van der Waals surface area contributed by atoms with E-state index < -0.39 is 0 Å². The number of carbonyl (C=O) groups excluding carboxylic acids is 1. The fourth-order valence-electron chi connectivity index (χ4n) is 2.37. The molecule has 0 saturated carbocycles. The molecule has 6 heteroatoms. The van der Waals surface area contributed by atoms with Crippen LogP contribution in [0.2, 0.25) is 0 Å². The van der Waals surface area contributed by atoms with Gasteiger partial charge in [0.15, 0.2) is 0 Å². The largest absolute Gasteiger partial charge is 0.497 e. The number of aryl methyl sites for hydroxylation is 1. The first-order valence-corrected chi connectivity index (χ1v) is 8.48. The van der Waals surface area contributed by atoms with Crippen LogP contribution < -0.4 is 9.61 Å². The Morgan fingerprint density at radius 1 is 1.30 bits per heavy atom. The summed E-state index contributed by atoms with van der Waals surface area (Å²) >= 11 is 1.17. The fraction of sp³-hybridized carbons (Fsp3) is 0.412. The van der Waals surface area contributed by atoms with Gasteiger partial charge in [-0.1, -0.05) is 23.5 Å². The lowest BCUT2D eigenvalue weighted by Crippen LogP contribution is -2.31. The Labute approximate surface area is 140 Å². The molecule has 0 N–H and O–H groups in total. The maximum absolute atomic E-state index is 12.4.